The molecule has 0 aliphatic heterocycles. The van der Waals surface area contributed by atoms with Crippen LogP contribution >= 0.6 is 15.9 Å². The molecule has 0 fully saturated rings. The molecule has 6 heteroatoms. The van der Waals surface area contributed by atoms with Gasteiger partial charge in [0.05, 0.1) is 5.69 Å². The van der Waals surface area contributed by atoms with Gasteiger partial charge >= 0.3 is 0 Å². The lowest BCUT2D eigenvalue weighted by molar-refractivity contribution is 0.102. The summed E-state index contributed by atoms with van der Waals surface area (Å²) in [5.41, 5.74) is 1.94. The van der Waals surface area contributed by atoms with Gasteiger partial charge < -0.3 is 10.2 Å². The van der Waals surface area contributed by atoms with E-state index in [1.807, 2.05) is 66.5 Å². The molecule has 0 spiro atoms. The van der Waals surface area contributed by atoms with E-state index >= 15 is 0 Å². The molecule has 1 N–H and O–H groups in total. The van der Waals surface area contributed by atoms with Crippen LogP contribution in [0.2, 0.25) is 0 Å². The van der Waals surface area contributed by atoms with E-state index < -0.39 is 0 Å². The molecule has 0 unspecified atom stereocenters. The maximum atomic E-state index is 12.4. The van der Waals surface area contributed by atoms with Gasteiger partial charge in [0, 0.05) is 23.4 Å². The Morgan fingerprint density at radius 3 is 2.50 bits per heavy atom. The second-order valence-corrected chi connectivity index (χ2v) is 5.92. The van der Waals surface area contributed by atoms with Crippen LogP contribution in [0.3, 0.4) is 0 Å². The molecule has 0 aliphatic carbocycles. The molecule has 1 aromatic heterocycles. The van der Waals surface area contributed by atoms with E-state index in [1.165, 1.54) is 0 Å². The van der Waals surface area contributed by atoms with Crippen molar-refractivity contribution >= 4 is 39.2 Å². The summed E-state index contributed by atoms with van der Waals surface area (Å²) in [6.07, 6.45) is 1.58. The third-order valence-corrected chi connectivity index (χ3v) is 4.13. The summed E-state index contributed by atoms with van der Waals surface area (Å²) in [7, 11) is 1.86. The number of carbonyl (C=O) groups is 1. The summed E-state index contributed by atoms with van der Waals surface area (Å²) in [5.74, 6) is 0.174. The van der Waals surface area contributed by atoms with Crippen LogP contribution < -0.4 is 10.2 Å². The summed E-state index contributed by atoms with van der Waals surface area (Å²) in [4.78, 5) is 22.9. The van der Waals surface area contributed by atoms with Gasteiger partial charge in [-0.2, -0.15) is 0 Å². The average Bonchev–Trinajstić information content (AvgIpc) is 2.64. The molecule has 24 heavy (non-hydrogen) atoms. The van der Waals surface area contributed by atoms with Gasteiger partial charge in [0.15, 0.2) is 0 Å². The normalized spacial score (nSPS) is 10.2. The number of anilines is 3. The minimum absolute atomic E-state index is 0.285. The van der Waals surface area contributed by atoms with E-state index in [1.54, 1.807) is 12.3 Å². The summed E-state index contributed by atoms with van der Waals surface area (Å²) in [6.45, 7) is 0. The lowest BCUT2D eigenvalue weighted by Crippen LogP contribution is -2.18. The number of hydrogen-bond donors (Lipinski definition) is 1. The Bertz CT molecular complexity index is 854. The fraction of sp³-hybridized carbons (Fsp3) is 0.0556. The lowest BCUT2D eigenvalue weighted by atomic mass is 10.3. The van der Waals surface area contributed by atoms with E-state index in [0.717, 1.165) is 10.2 Å². The van der Waals surface area contributed by atoms with Gasteiger partial charge in [-0.25, -0.2) is 9.97 Å². The van der Waals surface area contributed by atoms with Crippen molar-refractivity contribution in [2.45, 2.75) is 0 Å². The van der Waals surface area contributed by atoms with Gasteiger partial charge in [0.25, 0.3) is 5.91 Å². The van der Waals surface area contributed by atoms with Crippen LogP contribution in [0.5, 0.6) is 0 Å². The van der Waals surface area contributed by atoms with Crippen LogP contribution in [-0.2, 0) is 0 Å². The fourth-order valence-corrected chi connectivity index (χ4v) is 2.54. The Kier molecular flexibility index (Phi) is 4.86. The van der Waals surface area contributed by atoms with Crippen molar-refractivity contribution in [2.24, 2.45) is 0 Å². The van der Waals surface area contributed by atoms with E-state index in [2.05, 4.69) is 31.2 Å². The van der Waals surface area contributed by atoms with Crippen LogP contribution in [-0.4, -0.2) is 22.9 Å². The molecule has 0 radical (unpaired) electrons. The van der Waals surface area contributed by atoms with Crippen LogP contribution in [0.25, 0.3) is 0 Å². The molecule has 120 valence electrons. The maximum Gasteiger partial charge on any atom is 0.274 e. The molecule has 0 atom stereocenters. The largest absolute Gasteiger partial charge is 0.320 e. The molecule has 1 amide bonds. The Hall–Kier alpha value is -2.73. The number of para-hydroxylation sites is 2. The van der Waals surface area contributed by atoms with E-state index in [9.17, 15) is 4.79 Å². The molecule has 0 aliphatic rings. The molecule has 0 saturated heterocycles. The van der Waals surface area contributed by atoms with Gasteiger partial charge in [-0.15, -0.1) is 0 Å². The fourth-order valence-electron chi connectivity index (χ4n) is 2.15. The molecule has 5 nitrogen and oxygen atoms in total. The number of amides is 1. The summed E-state index contributed by atoms with van der Waals surface area (Å²) in [5, 5.41) is 2.84. The number of hydrogen-bond acceptors (Lipinski definition) is 4. The summed E-state index contributed by atoms with van der Waals surface area (Å²) >= 11 is 3.41. The van der Waals surface area contributed by atoms with E-state index in [0.29, 0.717) is 17.3 Å². The number of carbonyl (C=O) groups excluding carboxylic acids is 1. The molecule has 0 saturated carbocycles. The first-order valence-electron chi connectivity index (χ1n) is 7.33. The molecule has 1 heterocycles. The first-order valence-corrected chi connectivity index (χ1v) is 8.12. The molecule has 0 bridgehead atoms. The second-order valence-electron chi connectivity index (χ2n) is 5.07. The first kappa shape index (κ1) is 16.1. The number of nitrogens with zero attached hydrogens (tertiary/aromatic N) is 3. The minimum Gasteiger partial charge on any atom is -0.320 e. The van der Waals surface area contributed by atoms with Crippen molar-refractivity contribution in [1.82, 2.24) is 9.97 Å². The highest BCUT2D eigenvalue weighted by molar-refractivity contribution is 9.10. The predicted molar refractivity (Wildman–Crippen MR) is 98.6 cm³/mol. The zero-order chi connectivity index (χ0) is 16.9. The van der Waals surface area contributed by atoms with Crippen molar-refractivity contribution < 1.29 is 4.79 Å². The molecular formula is C18H15BrN4O. The maximum absolute atomic E-state index is 12.4. The quantitative estimate of drug-likeness (QED) is 0.732. The first-order chi connectivity index (χ1) is 11.6. The number of aromatic nitrogens is 2. The standard InChI is InChI=1S/C18H15BrN4O/c1-23(13-7-3-2-4-8-13)18-20-12-11-16(22-18)17(24)21-15-10-6-5-9-14(15)19/h2-12H,1H3,(H,21,24). The third kappa shape index (κ3) is 3.60. The smallest absolute Gasteiger partial charge is 0.274 e. The third-order valence-electron chi connectivity index (χ3n) is 3.44. The van der Waals surface area contributed by atoms with Crippen molar-refractivity contribution in [3.63, 3.8) is 0 Å². The Labute approximate surface area is 148 Å². The molecule has 3 rings (SSSR count). The molecular weight excluding hydrogens is 368 g/mol. The van der Waals surface area contributed by atoms with Crippen LogP contribution in [0.1, 0.15) is 10.5 Å². The molecule has 3 aromatic rings. The minimum atomic E-state index is -0.285. The van der Waals surface area contributed by atoms with Crippen LogP contribution in [0.15, 0.2) is 71.3 Å². The van der Waals surface area contributed by atoms with Gasteiger partial charge in [-0.1, -0.05) is 30.3 Å². The highest BCUT2D eigenvalue weighted by Crippen LogP contribution is 2.22. The Balaban J connectivity index is 1.83. The topological polar surface area (TPSA) is 58.1 Å². The number of halogens is 1. The summed E-state index contributed by atoms with van der Waals surface area (Å²) in [6, 6.07) is 18.8. The second kappa shape index (κ2) is 7.23. The average molecular weight is 383 g/mol. The van der Waals surface area contributed by atoms with Gasteiger partial charge in [-0.3, -0.25) is 4.79 Å². The zero-order valence-electron chi connectivity index (χ0n) is 13.0. The van der Waals surface area contributed by atoms with E-state index in [4.69, 9.17) is 0 Å². The van der Waals surface area contributed by atoms with Gasteiger partial charge in [-0.05, 0) is 46.3 Å². The van der Waals surface area contributed by atoms with E-state index in [-0.39, 0.29) is 5.91 Å². The van der Waals surface area contributed by atoms with Gasteiger partial charge in [0.1, 0.15) is 5.69 Å². The summed E-state index contributed by atoms with van der Waals surface area (Å²) < 4.78 is 0.814. The van der Waals surface area contributed by atoms with Crippen molar-refractivity contribution in [3.05, 3.63) is 77.0 Å². The number of benzene rings is 2. The van der Waals surface area contributed by atoms with Crippen molar-refractivity contribution in [3.8, 4) is 0 Å². The Morgan fingerprint density at radius 2 is 1.75 bits per heavy atom. The Morgan fingerprint density at radius 1 is 1.04 bits per heavy atom. The van der Waals surface area contributed by atoms with Crippen LogP contribution in [0, 0.1) is 0 Å². The van der Waals surface area contributed by atoms with Crippen LogP contribution in [0.4, 0.5) is 17.3 Å². The predicted octanol–water partition coefficient (Wildman–Crippen LogP) is 4.26. The SMILES string of the molecule is CN(c1ccccc1)c1nccc(C(=O)Nc2ccccc2Br)n1. The monoisotopic (exact) mass is 382 g/mol. The van der Waals surface area contributed by atoms with Crippen molar-refractivity contribution in [2.75, 3.05) is 17.3 Å². The highest BCUT2D eigenvalue weighted by Gasteiger charge is 2.13. The zero-order valence-corrected chi connectivity index (χ0v) is 14.6. The van der Waals surface area contributed by atoms with Crippen molar-refractivity contribution in [1.29, 1.82) is 0 Å². The number of rotatable bonds is 4. The highest BCUT2D eigenvalue weighted by atomic mass is 79.9. The molecule has 2 aromatic carbocycles. The number of nitrogens with one attached hydrogen (secondary N) is 1. The lowest BCUT2D eigenvalue weighted by Gasteiger charge is -2.17. The van der Waals surface area contributed by atoms with Gasteiger partial charge in [0.2, 0.25) is 5.95 Å².